The summed E-state index contributed by atoms with van der Waals surface area (Å²) in [4.78, 5) is 16.0. The van der Waals surface area contributed by atoms with Gasteiger partial charge in [0.05, 0.1) is 0 Å². The van der Waals surface area contributed by atoms with E-state index in [-0.39, 0.29) is 12.1 Å². The Labute approximate surface area is 91.4 Å². The molecule has 0 radical (unpaired) electrons. The Morgan fingerprint density at radius 3 is 2.47 bits per heavy atom. The summed E-state index contributed by atoms with van der Waals surface area (Å²) in [5, 5.41) is 0. The third-order valence-electron chi connectivity index (χ3n) is 3.62. The Bertz CT molecular complexity index is 236. The van der Waals surface area contributed by atoms with Crippen molar-refractivity contribution in [2.75, 3.05) is 26.2 Å². The van der Waals surface area contributed by atoms with Gasteiger partial charge in [0.2, 0.25) is 0 Å². The van der Waals surface area contributed by atoms with Gasteiger partial charge in [0.25, 0.3) is 0 Å². The monoisotopic (exact) mass is 211 g/mol. The molecule has 0 spiro atoms. The van der Waals surface area contributed by atoms with Gasteiger partial charge in [0, 0.05) is 32.2 Å². The molecule has 2 amide bonds. The third-order valence-corrected chi connectivity index (χ3v) is 3.62. The molecule has 2 saturated heterocycles. The first kappa shape index (κ1) is 10.7. The van der Waals surface area contributed by atoms with Crippen LogP contribution in [0.4, 0.5) is 4.79 Å². The van der Waals surface area contributed by atoms with Crippen LogP contribution in [-0.4, -0.2) is 48.1 Å². The molecule has 2 aliphatic rings. The minimum Gasteiger partial charge on any atom is -0.328 e. The number of nitrogens with zero attached hydrogens (tertiary/aromatic N) is 2. The van der Waals surface area contributed by atoms with E-state index < -0.39 is 0 Å². The summed E-state index contributed by atoms with van der Waals surface area (Å²) in [7, 11) is 0. The molecule has 2 unspecified atom stereocenters. The van der Waals surface area contributed by atoms with E-state index in [9.17, 15) is 4.79 Å². The number of nitrogens with two attached hydrogens (primary N) is 1. The second kappa shape index (κ2) is 4.39. The minimum atomic E-state index is 0.210. The number of likely N-dealkylation sites (tertiary alicyclic amines) is 2. The SMILES string of the molecule is CC(N)C1CCN(C(=O)N2CCCC2)C1. The van der Waals surface area contributed by atoms with Crippen LogP contribution in [0.15, 0.2) is 0 Å². The molecule has 0 aromatic heterocycles. The van der Waals surface area contributed by atoms with Crippen LogP contribution in [0.5, 0.6) is 0 Å². The van der Waals surface area contributed by atoms with Crippen LogP contribution in [0.3, 0.4) is 0 Å². The van der Waals surface area contributed by atoms with Crippen molar-refractivity contribution < 1.29 is 4.79 Å². The zero-order valence-corrected chi connectivity index (χ0v) is 9.48. The molecule has 2 heterocycles. The topological polar surface area (TPSA) is 49.6 Å². The zero-order valence-electron chi connectivity index (χ0n) is 9.48. The van der Waals surface area contributed by atoms with Crippen molar-refractivity contribution >= 4 is 6.03 Å². The van der Waals surface area contributed by atoms with E-state index >= 15 is 0 Å². The molecule has 2 aliphatic heterocycles. The Balaban J connectivity index is 1.87. The van der Waals surface area contributed by atoms with Crippen LogP contribution >= 0.6 is 0 Å². The Kier molecular flexibility index (Phi) is 3.14. The molecule has 2 rings (SSSR count). The number of amides is 2. The standard InChI is InChI=1S/C11H21N3O/c1-9(12)10-4-7-14(8-10)11(15)13-5-2-3-6-13/h9-10H,2-8,12H2,1H3. The summed E-state index contributed by atoms with van der Waals surface area (Å²) >= 11 is 0. The Morgan fingerprint density at radius 2 is 1.93 bits per heavy atom. The lowest BCUT2D eigenvalue weighted by Gasteiger charge is -2.24. The third kappa shape index (κ3) is 2.25. The second-order valence-electron chi connectivity index (χ2n) is 4.83. The van der Waals surface area contributed by atoms with Crippen molar-refractivity contribution in [1.82, 2.24) is 9.80 Å². The minimum absolute atomic E-state index is 0.210. The lowest BCUT2D eigenvalue weighted by atomic mass is 10.0. The Hall–Kier alpha value is -0.770. The van der Waals surface area contributed by atoms with Crippen molar-refractivity contribution in [3.05, 3.63) is 0 Å². The van der Waals surface area contributed by atoms with Crippen molar-refractivity contribution in [2.45, 2.75) is 32.2 Å². The second-order valence-corrected chi connectivity index (χ2v) is 4.83. The molecule has 0 aliphatic carbocycles. The molecule has 86 valence electrons. The first-order valence-corrected chi connectivity index (χ1v) is 5.98. The lowest BCUT2D eigenvalue weighted by Crippen LogP contribution is -2.41. The smallest absolute Gasteiger partial charge is 0.320 e. The van der Waals surface area contributed by atoms with Crippen molar-refractivity contribution in [2.24, 2.45) is 11.7 Å². The molecule has 0 bridgehead atoms. The largest absolute Gasteiger partial charge is 0.328 e. The van der Waals surface area contributed by atoms with E-state index in [4.69, 9.17) is 5.73 Å². The first-order chi connectivity index (χ1) is 7.18. The molecule has 2 atom stereocenters. The highest BCUT2D eigenvalue weighted by molar-refractivity contribution is 5.75. The summed E-state index contributed by atoms with van der Waals surface area (Å²) in [6.07, 6.45) is 3.39. The highest BCUT2D eigenvalue weighted by Gasteiger charge is 2.31. The van der Waals surface area contributed by atoms with Gasteiger partial charge in [-0.2, -0.15) is 0 Å². The van der Waals surface area contributed by atoms with Gasteiger partial charge in [0.15, 0.2) is 0 Å². The van der Waals surface area contributed by atoms with Crippen LogP contribution in [0.25, 0.3) is 0 Å². The quantitative estimate of drug-likeness (QED) is 0.699. The fraction of sp³-hybridized carbons (Fsp3) is 0.909. The number of carbonyl (C=O) groups excluding carboxylic acids is 1. The normalized spacial score (nSPS) is 28.5. The summed E-state index contributed by atoms with van der Waals surface area (Å²) in [6.45, 7) is 5.67. The Morgan fingerprint density at radius 1 is 1.27 bits per heavy atom. The van der Waals surface area contributed by atoms with Crippen LogP contribution in [0.1, 0.15) is 26.2 Å². The molecule has 2 fully saturated rings. The van der Waals surface area contributed by atoms with Crippen LogP contribution in [-0.2, 0) is 0 Å². The number of rotatable bonds is 1. The van der Waals surface area contributed by atoms with Gasteiger partial charge < -0.3 is 15.5 Å². The maximum absolute atomic E-state index is 12.0. The van der Waals surface area contributed by atoms with Crippen LogP contribution in [0.2, 0.25) is 0 Å². The molecule has 15 heavy (non-hydrogen) atoms. The van der Waals surface area contributed by atoms with E-state index in [1.807, 2.05) is 16.7 Å². The summed E-state index contributed by atoms with van der Waals surface area (Å²) in [5.74, 6) is 0.497. The molecule has 4 nitrogen and oxygen atoms in total. The van der Waals surface area contributed by atoms with E-state index in [0.717, 1.165) is 45.4 Å². The maximum atomic E-state index is 12.0. The summed E-state index contributed by atoms with van der Waals surface area (Å²) < 4.78 is 0. The highest BCUT2D eigenvalue weighted by atomic mass is 16.2. The van der Waals surface area contributed by atoms with Crippen molar-refractivity contribution in [1.29, 1.82) is 0 Å². The zero-order chi connectivity index (χ0) is 10.8. The fourth-order valence-corrected chi connectivity index (χ4v) is 2.50. The predicted molar refractivity (Wildman–Crippen MR) is 59.5 cm³/mol. The maximum Gasteiger partial charge on any atom is 0.320 e. The van der Waals surface area contributed by atoms with Crippen molar-refractivity contribution in [3.8, 4) is 0 Å². The predicted octanol–water partition coefficient (Wildman–Crippen LogP) is 0.871. The van der Waals surface area contributed by atoms with E-state index in [1.54, 1.807) is 0 Å². The number of hydrogen-bond donors (Lipinski definition) is 1. The first-order valence-electron chi connectivity index (χ1n) is 5.98. The van der Waals surface area contributed by atoms with Gasteiger partial charge in [-0.3, -0.25) is 0 Å². The molecule has 0 aromatic carbocycles. The van der Waals surface area contributed by atoms with Crippen LogP contribution < -0.4 is 5.73 Å². The molecular weight excluding hydrogens is 190 g/mol. The summed E-state index contributed by atoms with van der Waals surface area (Å²) in [5.41, 5.74) is 5.86. The highest BCUT2D eigenvalue weighted by Crippen LogP contribution is 2.21. The molecule has 0 aromatic rings. The van der Waals surface area contributed by atoms with Crippen molar-refractivity contribution in [3.63, 3.8) is 0 Å². The average Bonchev–Trinajstić information content (AvgIpc) is 2.88. The van der Waals surface area contributed by atoms with E-state index in [1.165, 1.54) is 0 Å². The average molecular weight is 211 g/mol. The number of carbonyl (C=O) groups is 1. The van der Waals surface area contributed by atoms with Gasteiger partial charge in [-0.1, -0.05) is 0 Å². The van der Waals surface area contributed by atoms with Gasteiger partial charge in [-0.05, 0) is 32.1 Å². The number of hydrogen-bond acceptors (Lipinski definition) is 2. The number of urea groups is 1. The summed E-state index contributed by atoms with van der Waals surface area (Å²) in [6, 6.07) is 0.442. The molecule has 0 saturated carbocycles. The van der Waals surface area contributed by atoms with E-state index in [2.05, 4.69) is 0 Å². The van der Waals surface area contributed by atoms with Gasteiger partial charge in [0.1, 0.15) is 0 Å². The molecular formula is C11H21N3O. The van der Waals surface area contributed by atoms with Gasteiger partial charge in [-0.15, -0.1) is 0 Å². The van der Waals surface area contributed by atoms with E-state index in [0.29, 0.717) is 5.92 Å². The van der Waals surface area contributed by atoms with Gasteiger partial charge >= 0.3 is 6.03 Å². The molecule has 4 heteroatoms. The molecule has 2 N–H and O–H groups in total. The lowest BCUT2D eigenvalue weighted by molar-refractivity contribution is 0.171. The fourth-order valence-electron chi connectivity index (χ4n) is 2.50. The van der Waals surface area contributed by atoms with Crippen LogP contribution in [0, 0.1) is 5.92 Å². The van der Waals surface area contributed by atoms with Gasteiger partial charge in [-0.25, -0.2) is 4.79 Å².